The van der Waals surface area contributed by atoms with Gasteiger partial charge in [0, 0.05) is 19.1 Å². The van der Waals surface area contributed by atoms with Crippen molar-refractivity contribution >= 4 is 5.69 Å². The highest BCUT2D eigenvalue weighted by atomic mass is 19.1. The van der Waals surface area contributed by atoms with Gasteiger partial charge in [-0.3, -0.25) is 4.90 Å². The third-order valence-electron chi connectivity index (χ3n) is 4.97. The van der Waals surface area contributed by atoms with Crippen molar-refractivity contribution in [3.05, 3.63) is 29.6 Å². The monoisotopic (exact) mass is 290 g/mol. The Hall–Kier alpha value is -1.09. The first-order valence-electron chi connectivity index (χ1n) is 8.24. The van der Waals surface area contributed by atoms with E-state index in [1.807, 2.05) is 6.07 Å². The molecule has 2 aliphatic heterocycles. The highest BCUT2D eigenvalue weighted by molar-refractivity contribution is 5.51. The summed E-state index contributed by atoms with van der Waals surface area (Å²) >= 11 is 0. The summed E-state index contributed by atoms with van der Waals surface area (Å²) in [7, 11) is 0. The Morgan fingerprint density at radius 1 is 1.10 bits per heavy atom. The normalized spacial score (nSPS) is 24.0. The molecule has 0 bridgehead atoms. The molecule has 3 rings (SSSR count). The second kappa shape index (κ2) is 5.60. The van der Waals surface area contributed by atoms with Crippen LogP contribution in [0.2, 0.25) is 0 Å². The Morgan fingerprint density at radius 2 is 1.81 bits per heavy atom. The third-order valence-corrected chi connectivity index (χ3v) is 4.97. The number of likely N-dealkylation sites (tertiary alicyclic amines) is 1. The van der Waals surface area contributed by atoms with Crippen molar-refractivity contribution in [1.29, 1.82) is 0 Å². The first kappa shape index (κ1) is 14.8. The molecule has 0 N–H and O–H groups in total. The molecular weight excluding hydrogens is 263 g/mol. The summed E-state index contributed by atoms with van der Waals surface area (Å²) in [5.74, 6) is -0.0653. The molecule has 2 fully saturated rings. The Bertz CT molecular complexity index is 500. The van der Waals surface area contributed by atoms with Crippen molar-refractivity contribution in [3.63, 3.8) is 0 Å². The fourth-order valence-electron chi connectivity index (χ4n) is 3.60. The van der Waals surface area contributed by atoms with E-state index in [9.17, 15) is 4.39 Å². The van der Waals surface area contributed by atoms with Crippen molar-refractivity contribution in [1.82, 2.24) is 4.90 Å². The lowest BCUT2D eigenvalue weighted by molar-refractivity contribution is 0.260. The van der Waals surface area contributed by atoms with Gasteiger partial charge in [0.15, 0.2) is 0 Å². The van der Waals surface area contributed by atoms with Gasteiger partial charge in [-0.1, -0.05) is 26.8 Å². The van der Waals surface area contributed by atoms with E-state index in [0.29, 0.717) is 6.04 Å². The summed E-state index contributed by atoms with van der Waals surface area (Å²) in [6.07, 6.45) is 3.82. The second-order valence-corrected chi connectivity index (χ2v) is 7.55. The lowest BCUT2D eigenvalue weighted by atomic mass is 9.87. The van der Waals surface area contributed by atoms with Gasteiger partial charge < -0.3 is 4.90 Å². The number of rotatable bonds is 2. The van der Waals surface area contributed by atoms with Gasteiger partial charge in [-0.15, -0.1) is 0 Å². The molecule has 1 aromatic carbocycles. The molecule has 0 aromatic heterocycles. The van der Waals surface area contributed by atoms with Crippen LogP contribution in [0.15, 0.2) is 18.2 Å². The molecule has 1 unspecified atom stereocenters. The fourth-order valence-corrected chi connectivity index (χ4v) is 3.60. The van der Waals surface area contributed by atoms with Gasteiger partial charge in [0.1, 0.15) is 5.82 Å². The number of halogens is 1. The summed E-state index contributed by atoms with van der Waals surface area (Å²) in [4.78, 5) is 4.81. The van der Waals surface area contributed by atoms with Gasteiger partial charge in [-0.2, -0.15) is 0 Å². The van der Waals surface area contributed by atoms with Gasteiger partial charge in [-0.25, -0.2) is 4.39 Å². The zero-order chi connectivity index (χ0) is 15.0. The van der Waals surface area contributed by atoms with Gasteiger partial charge in [-0.05, 0) is 55.5 Å². The summed E-state index contributed by atoms with van der Waals surface area (Å²) in [5, 5.41) is 0. The first-order chi connectivity index (χ1) is 9.95. The maximum atomic E-state index is 14.5. The molecule has 2 heterocycles. The predicted molar refractivity (Wildman–Crippen MR) is 86.5 cm³/mol. The van der Waals surface area contributed by atoms with Gasteiger partial charge >= 0.3 is 0 Å². The van der Waals surface area contributed by atoms with Gasteiger partial charge in [0.25, 0.3) is 0 Å². The molecule has 2 aliphatic rings. The smallest absolute Gasteiger partial charge is 0.146 e. The maximum Gasteiger partial charge on any atom is 0.146 e. The highest BCUT2D eigenvalue weighted by Crippen LogP contribution is 2.31. The Labute approximate surface area is 127 Å². The molecule has 2 saturated heterocycles. The molecular formula is C18H27FN2. The molecule has 0 amide bonds. The summed E-state index contributed by atoms with van der Waals surface area (Å²) < 4.78 is 14.5. The number of hydrogen-bond acceptors (Lipinski definition) is 2. The highest BCUT2D eigenvalue weighted by Gasteiger charge is 2.30. The van der Waals surface area contributed by atoms with E-state index in [0.717, 1.165) is 24.3 Å². The zero-order valence-electron chi connectivity index (χ0n) is 13.5. The second-order valence-electron chi connectivity index (χ2n) is 7.55. The molecule has 0 spiro atoms. The van der Waals surface area contributed by atoms with E-state index in [1.165, 1.54) is 32.4 Å². The van der Waals surface area contributed by atoms with Crippen LogP contribution in [0, 0.1) is 5.82 Å². The van der Waals surface area contributed by atoms with Crippen molar-refractivity contribution in [2.24, 2.45) is 0 Å². The van der Waals surface area contributed by atoms with Gasteiger partial charge in [0.05, 0.1) is 5.69 Å². The van der Waals surface area contributed by atoms with E-state index < -0.39 is 0 Å². The zero-order valence-corrected chi connectivity index (χ0v) is 13.5. The molecule has 2 nitrogen and oxygen atoms in total. The van der Waals surface area contributed by atoms with Crippen LogP contribution in [0.5, 0.6) is 0 Å². The average molecular weight is 290 g/mol. The van der Waals surface area contributed by atoms with Crippen LogP contribution in [0.1, 0.15) is 45.6 Å². The molecule has 1 atom stereocenters. The van der Waals surface area contributed by atoms with E-state index >= 15 is 0 Å². The third kappa shape index (κ3) is 3.08. The van der Waals surface area contributed by atoms with Crippen molar-refractivity contribution in [2.45, 2.75) is 51.5 Å². The van der Waals surface area contributed by atoms with E-state index in [2.05, 4.69) is 36.6 Å². The van der Waals surface area contributed by atoms with Crippen LogP contribution in [-0.4, -0.2) is 37.1 Å². The molecule has 116 valence electrons. The van der Waals surface area contributed by atoms with Crippen LogP contribution in [0.4, 0.5) is 10.1 Å². The molecule has 21 heavy (non-hydrogen) atoms. The van der Waals surface area contributed by atoms with Gasteiger partial charge in [0.2, 0.25) is 0 Å². The lowest BCUT2D eigenvalue weighted by Crippen LogP contribution is -2.35. The SMILES string of the molecule is CC(C)(C)c1ccc(N2CCC(N3CCCC3)C2)c(F)c1. The standard InChI is InChI=1S/C18H27FN2/c1-18(2,3)14-6-7-17(16(19)12-14)21-11-8-15(13-21)20-9-4-5-10-20/h6-7,12,15H,4-5,8-11,13H2,1-3H3. The lowest BCUT2D eigenvalue weighted by Gasteiger charge is -2.26. The summed E-state index contributed by atoms with van der Waals surface area (Å²) in [5.41, 5.74) is 1.85. The Morgan fingerprint density at radius 3 is 2.43 bits per heavy atom. The topological polar surface area (TPSA) is 6.48 Å². The molecule has 0 aliphatic carbocycles. The Kier molecular flexibility index (Phi) is 3.96. The summed E-state index contributed by atoms with van der Waals surface area (Å²) in [6.45, 7) is 10.8. The van der Waals surface area contributed by atoms with Crippen LogP contribution in [0.3, 0.4) is 0 Å². The van der Waals surface area contributed by atoms with Crippen molar-refractivity contribution in [3.8, 4) is 0 Å². The molecule has 0 radical (unpaired) electrons. The largest absolute Gasteiger partial charge is 0.368 e. The maximum absolute atomic E-state index is 14.5. The predicted octanol–water partition coefficient (Wildman–Crippen LogP) is 3.80. The molecule has 3 heteroatoms. The quantitative estimate of drug-likeness (QED) is 0.817. The number of benzene rings is 1. The van der Waals surface area contributed by atoms with Crippen molar-refractivity contribution in [2.75, 3.05) is 31.1 Å². The molecule has 1 aromatic rings. The fraction of sp³-hybridized carbons (Fsp3) is 0.667. The first-order valence-corrected chi connectivity index (χ1v) is 8.24. The van der Waals surface area contributed by atoms with E-state index in [-0.39, 0.29) is 11.2 Å². The van der Waals surface area contributed by atoms with Crippen LogP contribution < -0.4 is 4.90 Å². The number of anilines is 1. The minimum absolute atomic E-state index is 0.00245. The number of nitrogens with zero attached hydrogens (tertiary/aromatic N) is 2. The average Bonchev–Trinajstić information content (AvgIpc) is 3.08. The van der Waals surface area contributed by atoms with E-state index in [4.69, 9.17) is 0 Å². The van der Waals surface area contributed by atoms with Crippen LogP contribution >= 0.6 is 0 Å². The number of hydrogen-bond donors (Lipinski definition) is 0. The summed E-state index contributed by atoms with van der Waals surface area (Å²) in [6, 6.07) is 6.40. The van der Waals surface area contributed by atoms with E-state index in [1.54, 1.807) is 6.07 Å². The minimum atomic E-state index is -0.0653. The van der Waals surface area contributed by atoms with Crippen molar-refractivity contribution < 1.29 is 4.39 Å². The van der Waals surface area contributed by atoms with Crippen LogP contribution in [0.25, 0.3) is 0 Å². The Balaban J connectivity index is 1.73. The molecule has 0 saturated carbocycles. The van der Waals surface area contributed by atoms with Crippen LogP contribution in [-0.2, 0) is 5.41 Å². The minimum Gasteiger partial charge on any atom is -0.368 e.